The number of fused-ring (bicyclic) bond motifs is 1. The van der Waals surface area contributed by atoms with Crippen LogP contribution >= 0.6 is 0 Å². The normalized spacial score (nSPS) is 13.7. The van der Waals surface area contributed by atoms with Gasteiger partial charge in [-0.05, 0) is 35.7 Å². The quantitative estimate of drug-likeness (QED) is 0.516. The molecule has 1 amide bonds. The van der Waals surface area contributed by atoms with Gasteiger partial charge in [0.05, 0.1) is 9.82 Å². The van der Waals surface area contributed by atoms with Crippen LogP contribution in [0.15, 0.2) is 41.3 Å². The molecule has 3 rings (SSSR count). The molecule has 2 aromatic rings. The highest BCUT2D eigenvalue weighted by molar-refractivity contribution is 7.89. The van der Waals surface area contributed by atoms with Gasteiger partial charge < -0.3 is 10.2 Å². The molecule has 0 bridgehead atoms. The van der Waals surface area contributed by atoms with Crippen LogP contribution in [-0.2, 0) is 27.8 Å². The van der Waals surface area contributed by atoms with Crippen molar-refractivity contribution in [3.8, 4) is 0 Å². The van der Waals surface area contributed by atoms with E-state index in [1.165, 1.54) is 23.4 Å². The largest absolute Gasteiger partial charge is 0.361 e. The van der Waals surface area contributed by atoms with Crippen LogP contribution in [-0.4, -0.2) is 43.2 Å². The van der Waals surface area contributed by atoms with Gasteiger partial charge in [-0.1, -0.05) is 26.0 Å². The lowest BCUT2D eigenvalue weighted by Gasteiger charge is -2.31. The second-order valence-electron chi connectivity index (χ2n) is 7.29. The average Bonchev–Trinajstić information content (AvgIpc) is 2.73. The van der Waals surface area contributed by atoms with Crippen molar-refractivity contribution in [2.45, 2.75) is 38.6 Å². The molecule has 0 unspecified atom stereocenters. The van der Waals surface area contributed by atoms with Gasteiger partial charge in [-0.3, -0.25) is 14.9 Å². The number of hydrogen-bond acceptors (Lipinski definition) is 6. The Morgan fingerprint density at radius 2 is 1.94 bits per heavy atom. The number of sulfonamides is 1. The minimum absolute atomic E-state index is 0.0861. The Kier molecular flexibility index (Phi) is 6.61. The minimum Gasteiger partial charge on any atom is -0.361 e. The van der Waals surface area contributed by atoms with Crippen LogP contribution in [0.4, 0.5) is 17.1 Å². The maximum Gasteiger partial charge on any atom is 0.293 e. The first-order chi connectivity index (χ1) is 14.7. The van der Waals surface area contributed by atoms with Crippen LogP contribution in [0.1, 0.15) is 31.9 Å². The summed E-state index contributed by atoms with van der Waals surface area (Å²) in [7, 11) is -3.80. The van der Waals surface area contributed by atoms with Crippen molar-refractivity contribution >= 4 is 33.0 Å². The number of hydrogen-bond donors (Lipinski definition) is 1. The zero-order valence-electron chi connectivity index (χ0n) is 17.8. The Labute approximate surface area is 181 Å². The van der Waals surface area contributed by atoms with Crippen molar-refractivity contribution < 1.29 is 18.1 Å². The third kappa shape index (κ3) is 4.54. The van der Waals surface area contributed by atoms with Crippen LogP contribution in [0.2, 0.25) is 0 Å². The van der Waals surface area contributed by atoms with E-state index in [1.807, 2.05) is 23.1 Å². The molecule has 166 valence electrons. The van der Waals surface area contributed by atoms with Gasteiger partial charge in [-0.25, -0.2) is 8.42 Å². The third-order valence-corrected chi connectivity index (χ3v) is 7.45. The fraction of sp³-hybridized carbons (Fsp3) is 0.381. The maximum absolute atomic E-state index is 12.8. The zero-order chi connectivity index (χ0) is 22.8. The summed E-state index contributed by atoms with van der Waals surface area (Å²) in [5.41, 5.74) is 2.86. The molecule has 31 heavy (non-hydrogen) atoms. The molecule has 0 saturated heterocycles. The summed E-state index contributed by atoms with van der Waals surface area (Å²) in [6.45, 7) is 6.40. The van der Waals surface area contributed by atoms with E-state index >= 15 is 0 Å². The number of benzene rings is 2. The van der Waals surface area contributed by atoms with E-state index in [0.717, 1.165) is 22.9 Å². The molecule has 1 heterocycles. The van der Waals surface area contributed by atoms with Crippen molar-refractivity contribution in [3.63, 3.8) is 0 Å². The van der Waals surface area contributed by atoms with E-state index in [2.05, 4.69) is 5.32 Å². The molecule has 0 atom stereocenters. The molecule has 9 nitrogen and oxygen atoms in total. The fourth-order valence-electron chi connectivity index (χ4n) is 3.91. The Bertz CT molecular complexity index is 1110. The molecule has 1 N–H and O–H groups in total. The van der Waals surface area contributed by atoms with Crippen molar-refractivity contribution in [2.75, 3.05) is 29.9 Å². The molecule has 0 aromatic heterocycles. The van der Waals surface area contributed by atoms with Crippen LogP contribution in [0, 0.1) is 10.1 Å². The second-order valence-corrected chi connectivity index (χ2v) is 9.23. The first-order valence-electron chi connectivity index (χ1n) is 10.1. The molecule has 0 spiro atoms. The van der Waals surface area contributed by atoms with Gasteiger partial charge in [-0.2, -0.15) is 4.31 Å². The Morgan fingerprint density at radius 3 is 2.55 bits per heavy atom. The monoisotopic (exact) mass is 446 g/mol. The highest BCUT2D eigenvalue weighted by Crippen LogP contribution is 2.36. The number of nitro groups is 1. The summed E-state index contributed by atoms with van der Waals surface area (Å²) in [4.78, 5) is 24.5. The number of nitro benzene ring substituents is 1. The molecule has 10 heteroatoms. The number of amides is 1. The summed E-state index contributed by atoms with van der Waals surface area (Å²) < 4.78 is 26.9. The number of nitrogens with one attached hydrogen (secondary N) is 1. The molecule has 0 aliphatic carbocycles. The second kappa shape index (κ2) is 9.03. The lowest BCUT2D eigenvalue weighted by Crippen LogP contribution is -2.32. The Hall–Kier alpha value is -2.98. The maximum atomic E-state index is 12.8. The topological polar surface area (TPSA) is 113 Å². The predicted molar refractivity (Wildman–Crippen MR) is 119 cm³/mol. The van der Waals surface area contributed by atoms with Gasteiger partial charge in [0.25, 0.3) is 5.69 Å². The van der Waals surface area contributed by atoms with Crippen LogP contribution < -0.4 is 10.2 Å². The SMILES string of the molecule is CCN(CC)S(=O)(=O)c1ccc(N2CCc3c(cccc3NC(C)=O)C2)c([N+](=O)[O-])c1. The number of carbonyl (C=O) groups is 1. The highest BCUT2D eigenvalue weighted by Gasteiger charge is 2.29. The standard InChI is InChI=1S/C21H26N4O5S/c1-4-24(5-2)31(29,30)17-9-10-20(21(13-17)25(27)28)23-12-11-18-16(14-23)7-6-8-19(18)22-15(3)26/h6-10,13H,4-5,11-12,14H2,1-3H3,(H,22,26). The van der Waals surface area contributed by atoms with E-state index in [-0.39, 0.29) is 29.6 Å². The number of nitrogens with zero attached hydrogens (tertiary/aromatic N) is 3. The molecule has 0 radical (unpaired) electrons. The molecule has 0 saturated carbocycles. The average molecular weight is 447 g/mol. The van der Waals surface area contributed by atoms with E-state index in [0.29, 0.717) is 25.2 Å². The number of rotatable bonds is 7. The first kappa shape index (κ1) is 22.7. The van der Waals surface area contributed by atoms with Gasteiger partial charge in [0, 0.05) is 44.9 Å². The summed E-state index contributed by atoms with van der Waals surface area (Å²) in [5, 5.41) is 14.6. The van der Waals surface area contributed by atoms with Gasteiger partial charge >= 0.3 is 0 Å². The number of carbonyl (C=O) groups excluding carboxylic acids is 1. The summed E-state index contributed by atoms with van der Waals surface area (Å²) >= 11 is 0. The lowest BCUT2D eigenvalue weighted by molar-refractivity contribution is -0.384. The van der Waals surface area contributed by atoms with Crippen LogP contribution in [0.5, 0.6) is 0 Å². The van der Waals surface area contributed by atoms with Crippen LogP contribution in [0.25, 0.3) is 0 Å². The predicted octanol–water partition coefficient (Wildman–Crippen LogP) is 3.15. The van der Waals surface area contributed by atoms with E-state index in [4.69, 9.17) is 0 Å². The third-order valence-electron chi connectivity index (χ3n) is 5.40. The van der Waals surface area contributed by atoms with Gasteiger partial charge in [0.2, 0.25) is 15.9 Å². The van der Waals surface area contributed by atoms with Gasteiger partial charge in [0.1, 0.15) is 5.69 Å². The van der Waals surface area contributed by atoms with Crippen molar-refractivity contribution in [1.29, 1.82) is 0 Å². The van der Waals surface area contributed by atoms with Gasteiger partial charge in [-0.15, -0.1) is 0 Å². The summed E-state index contributed by atoms with van der Waals surface area (Å²) in [6.07, 6.45) is 0.600. The van der Waals surface area contributed by atoms with E-state index in [9.17, 15) is 23.3 Å². The van der Waals surface area contributed by atoms with Crippen molar-refractivity contribution in [1.82, 2.24) is 4.31 Å². The molecule has 1 aliphatic heterocycles. The number of anilines is 2. The zero-order valence-corrected chi connectivity index (χ0v) is 18.6. The smallest absolute Gasteiger partial charge is 0.293 e. The molecular formula is C21H26N4O5S. The van der Waals surface area contributed by atoms with Crippen molar-refractivity contribution in [2.24, 2.45) is 0 Å². The lowest BCUT2D eigenvalue weighted by atomic mass is 9.97. The van der Waals surface area contributed by atoms with E-state index in [1.54, 1.807) is 13.8 Å². The summed E-state index contributed by atoms with van der Waals surface area (Å²) in [5.74, 6) is -0.156. The fourth-order valence-corrected chi connectivity index (χ4v) is 5.39. The Balaban J connectivity index is 1.97. The molecular weight excluding hydrogens is 420 g/mol. The van der Waals surface area contributed by atoms with E-state index < -0.39 is 14.9 Å². The Morgan fingerprint density at radius 1 is 1.23 bits per heavy atom. The van der Waals surface area contributed by atoms with Crippen molar-refractivity contribution in [3.05, 3.63) is 57.6 Å². The molecule has 1 aliphatic rings. The highest BCUT2D eigenvalue weighted by atomic mass is 32.2. The first-order valence-corrected chi connectivity index (χ1v) is 11.5. The molecule has 2 aromatic carbocycles. The van der Waals surface area contributed by atoms with Crippen LogP contribution in [0.3, 0.4) is 0 Å². The van der Waals surface area contributed by atoms with Gasteiger partial charge in [0.15, 0.2) is 0 Å². The minimum atomic E-state index is -3.80. The molecule has 0 fully saturated rings. The summed E-state index contributed by atoms with van der Waals surface area (Å²) in [6, 6.07) is 9.69.